The predicted octanol–water partition coefficient (Wildman–Crippen LogP) is 2.87. The summed E-state index contributed by atoms with van der Waals surface area (Å²) in [6, 6.07) is 5.68. The monoisotopic (exact) mass is 436 g/mol. The van der Waals surface area contributed by atoms with Gasteiger partial charge in [0.1, 0.15) is 6.10 Å². The Bertz CT molecular complexity index is 498. The molecule has 122 valence electrons. The molecular formula is C15H22ClIN4O. The van der Waals surface area contributed by atoms with Crippen molar-refractivity contribution in [2.75, 3.05) is 26.2 Å². The van der Waals surface area contributed by atoms with Gasteiger partial charge in [-0.15, -0.1) is 24.0 Å². The van der Waals surface area contributed by atoms with Crippen LogP contribution in [0.5, 0.6) is 5.88 Å². The first kappa shape index (κ1) is 19.0. The van der Waals surface area contributed by atoms with E-state index in [4.69, 9.17) is 16.3 Å². The third-order valence-electron chi connectivity index (χ3n) is 3.10. The Balaban J connectivity index is 0.00000242. The third-order valence-corrected chi connectivity index (χ3v) is 3.22. The number of aliphatic imine (C=N–C) groups is 1. The maximum atomic E-state index is 5.88. The van der Waals surface area contributed by atoms with Gasteiger partial charge >= 0.3 is 0 Å². The molecule has 1 atom stereocenters. The minimum absolute atomic E-state index is 0. The van der Waals surface area contributed by atoms with E-state index in [1.165, 1.54) is 0 Å². The summed E-state index contributed by atoms with van der Waals surface area (Å²) >= 11 is 5.78. The first-order chi connectivity index (χ1) is 10.2. The summed E-state index contributed by atoms with van der Waals surface area (Å²) in [5.41, 5.74) is 0. The fourth-order valence-corrected chi connectivity index (χ4v) is 2.25. The average molecular weight is 437 g/mol. The molecule has 22 heavy (non-hydrogen) atoms. The van der Waals surface area contributed by atoms with Crippen molar-refractivity contribution in [1.82, 2.24) is 15.2 Å². The van der Waals surface area contributed by atoms with Gasteiger partial charge in [-0.25, -0.2) is 9.98 Å². The van der Waals surface area contributed by atoms with Crippen LogP contribution in [-0.4, -0.2) is 48.1 Å². The molecule has 1 unspecified atom stereocenters. The van der Waals surface area contributed by atoms with Gasteiger partial charge < -0.3 is 15.0 Å². The van der Waals surface area contributed by atoms with Gasteiger partial charge in [-0.3, -0.25) is 0 Å². The zero-order valence-electron chi connectivity index (χ0n) is 12.7. The zero-order valence-corrected chi connectivity index (χ0v) is 15.8. The maximum absolute atomic E-state index is 5.88. The number of pyridine rings is 1. The lowest BCUT2D eigenvalue weighted by Crippen LogP contribution is -2.41. The Labute approximate surface area is 153 Å². The van der Waals surface area contributed by atoms with Gasteiger partial charge in [0.05, 0.1) is 13.1 Å². The van der Waals surface area contributed by atoms with Crippen molar-refractivity contribution in [3.8, 4) is 5.88 Å². The Kier molecular flexibility index (Phi) is 8.55. The van der Waals surface area contributed by atoms with E-state index in [1.54, 1.807) is 6.20 Å². The molecule has 1 saturated heterocycles. The SMILES string of the molecule is C=C(Cl)CN=C(NCC)N1CCC(Oc2ccccn2)C1.I. The summed E-state index contributed by atoms with van der Waals surface area (Å²) in [5, 5.41) is 3.80. The Morgan fingerprint density at radius 3 is 3.05 bits per heavy atom. The van der Waals surface area contributed by atoms with Crippen LogP contribution in [0, 0.1) is 0 Å². The van der Waals surface area contributed by atoms with E-state index in [9.17, 15) is 0 Å². The van der Waals surface area contributed by atoms with Crippen molar-refractivity contribution in [2.24, 2.45) is 4.99 Å². The van der Waals surface area contributed by atoms with Crippen LogP contribution in [0.2, 0.25) is 0 Å². The van der Waals surface area contributed by atoms with Crippen molar-refractivity contribution in [3.63, 3.8) is 0 Å². The van der Waals surface area contributed by atoms with Gasteiger partial charge in [-0.05, 0) is 13.0 Å². The Morgan fingerprint density at radius 1 is 1.59 bits per heavy atom. The molecule has 1 aromatic heterocycles. The largest absolute Gasteiger partial charge is 0.472 e. The highest BCUT2D eigenvalue weighted by molar-refractivity contribution is 14.0. The van der Waals surface area contributed by atoms with Crippen LogP contribution >= 0.6 is 35.6 Å². The molecule has 2 rings (SSSR count). The van der Waals surface area contributed by atoms with Crippen LogP contribution < -0.4 is 10.1 Å². The van der Waals surface area contributed by atoms with Crippen LogP contribution in [-0.2, 0) is 0 Å². The normalized spacial score (nSPS) is 17.8. The molecule has 0 saturated carbocycles. The van der Waals surface area contributed by atoms with Crippen molar-refractivity contribution >= 4 is 41.5 Å². The molecule has 5 nitrogen and oxygen atoms in total. The van der Waals surface area contributed by atoms with Gasteiger partial charge in [-0.2, -0.15) is 0 Å². The summed E-state index contributed by atoms with van der Waals surface area (Å²) in [5.74, 6) is 1.52. The van der Waals surface area contributed by atoms with Crippen LogP contribution in [0.1, 0.15) is 13.3 Å². The van der Waals surface area contributed by atoms with Crippen LogP contribution in [0.15, 0.2) is 41.0 Å². The van der Waals surface area contributed by atoms with Crippen LogP contribution in [0.25, 0.3) is 0 Å². The van der Waals surface area contributed by atoms with Crippen molar-refractivity contribution in [2.45, 2.75) is 19.4 Å². The minimum atomic E-state index is 0. The van der Waals surface area contributed by atoms with Gasteiger partial charge in [0.15, 0.2) is 5.96 Å². The number of nitrogens with zero attached hydrogens (tertiary/aromatic N) is 3. The van der Waals surface area contributed by atoms with Crippen molar-refractivity contribution in [3.05, 3.63) is 36.0 Å². The molecule has 1 fully saturated rings. The molecule has 1 aliphatic rings. The molecule has 1 aliphatic heterocycles. The van der Waals surface area contributed by atoms with Crippen molar-refractivity contribution in [1.29, 1.82) is 0 Å². The number of guanidine groups is 1. The second-order valence-corrected chi connectivity index (χ2v) is 5.36. The summed E-state index contributed by atoms with van der Waals surface area (Å²) in [6.07, 6.45) is 2.81. The molecule has 7 heteroatoms. The van der Waals surface area contributed by atoms with Gasteiger partial charge in [-0.1, -0.05) is 24.2 Å². The standard InChI is InChI=1S/C15H21ClN4O.HI/c1-3-17-15(19-10-12(2)16)20-9-7-13(11-20)21-14-6-4-5-8-18-14;/h4-6,8,13H,2-3,7,9-11H2,1H3,(H,17,19);1H. The number of likely N-dealkylation sites (tertiary alicyclic amines) is 1. The zero-order chi connectivity index (χ0) is 15.1. The molecule has 2 heterocycles. The lowest BCUT2D eigenvalue weighted by atomic mass is 10.3. The average Bonchev–Trinajstić information content (AvgIpc) is 2.92. The first-order valence-corrected chi connectivity index (χ1v) is 7.51. The second kappa shape index (κ2) is 9.89. The number of hydrogen-bond acceptors (Lipinski definition) is 3. The molecule has 0 radical (unpaired) electrons. The highest BCUT2D eigenvalue weighted by atomic mass is 127. The lowest BCUT2D eigenvalue weighted by molar-refractivity contribution is 0.205. The topological polar surface area (TPSA) is 49.8 Å². The maximum Gasteiger partial charge on any atom is 0.213 e. The number of aromatic nitrogens is 1. The molecule has 0 amide bonds. The highest BCUT2D eigenvalue weighted by Crippen LogP contribution is 2.16. The summed E-state index contributed by atoms with van der Waals surface area (Å²) in [4.78, 5) is 10.8. The molecule has 0 bridgehead atoms. The smallest absolute Gasteiger partial charge is 0.213 e. The molecule has 0 aliphatic carbocycles. The Morgan fingerprint density at radius 2 is 2.41 bits per heavy atom. The molecular weight excluding hydrogens is 415 g/mol. The van der Waals surface area contributed by atoms with Crippen LogP contribution in [0.3, 0.4) is 0 Å². The first-order valence-electron chi connectivity index (χ1n) is 7.13. The van der Waals surface area contributed by atoms with Crippen molar-refractivity contribution < 1.29 is 4.74 Å². The van der Waals surface area contributed by atoms with E-state index in [-0.39, 0.29) is 30.1 Å². The number of ether oxygens (including phenoxy) is 1. The van der Waals surface area contributed by atoms with E-state index in [1.807, 2.05) is 25.1 Å². The third kappa shape index (κ3) is 6.00. The highest BCUT2D eigenvalue weighted by Gasteiger charge is 2.26. The fourth-order valence-electron chi connectivity index (χ4n) is 2.19. The molecule has 0 aromatic carbocycles. The molecule has 1 aromatic rings. The van der Waals surface area contributed by atoms with E-state index < -0.39 is 0 Å². The van der Waals surface area contributed by atoms with E-state index >= 15 is 0 Å². The Hall–Kier alpha value is -1.02. The second-order valence-electron chi connectivity index (χ2n) is 4.83. The number of rotatable bonds is 5. The van der Waals surface area contributed by atoms with E-state index in [0.717, 1.165) is 32.0 Å². The van der Waals surface area contributed by atoms with Gasteiger partial charge in [0.25, 0.3) is 0 Å². The molecule has 0 spiro atoms. The lowest BCUT2D eigenvalue weighted by Gasteiger charge is -2.21. The van der Waals surface area contributed by atoms with Crippen LogP contribution in [0.4, 0.5) is 0 Å². The number of halogens is 2. The minimum Gasteiger partial charge on any atom is -0.472 e. The quantitative estimate of drug-likeness (QED) is 0.438. The van der Waals surface area contributed by atoms with E-state index in [0.29, 0.717) is 17.5 Å². The van der Waals surface area contributed by atoms with Gasteiger partial charge in [0.2, 0.25) is 5.88 Å². The van der Waals surface area contributed by atoms with Gasteiger partial charge in [0, 0.05) is 36.8 Å². The predicted molar refractivity (Wildman–Crippen MR) is 101 cm³/mol. The van der Waals surface area contributed by atoms with E-state index in [2.05, 4.69) is 26.8 Å². The fraction of sp³-hybridized carbons (Fsp3) is 0.467. The summed E-state index contributed by atoms with van der Waals surface area (Å²) in [6.45, 7) is 8.64. The summed E-state index contributed by atoms with van der Waals surface area (Å²) < 4.78 is 5.88. The summed E-state index contributed by atoms with van der Waals surface area (Å²) in [7, 11) is 0. The molecule has 1 N–H and O–H groups in total. The number of nitrogens with one attached hydrogen (secondary N) is 1. The number of hydrogen-bond donors (Lipinski definition) is 1.